The topological polar surface area (TPSA) is 28.2 Å². The molecule has 0 atom stereocenters. The Morgan fingerprint density at radius 2 is 0.806 bits per heavy atom. The molecule has 0 N–H and O–H groups in total. The first-order valence-corrected chi connectivity index (χ1v) is 21.2. The molecule has 5 nitrogen and oxygen atoms in total. The van der Waals surface area contributed by atoms with Crippen LogP contribution >= 0.6 is 0 Å². The van der Waals surface area contributed by atoms with E-state index in [0.29, 0.717) is 0 Å². The molecular formula is C57H35N5. The third kappa shape index (κ3) is 4.38. The van der Waals surface area contributed by atoms with Crippen LogP contribution in [-0.4, -0.2) is 13.8 Å². The van der Waals surface area contributed by atoms with Crippen LogP contribution in [0.2, 0.25) is 0 Å². The van der Waals surface area contributed by atoms with E-state index in [1.54, 1.807) is 0 Å². The zero-order valence-electron chi connectivity index (χ0n) is 33.4. The van der Waals surface area contributed by atoms with Crippen molar-refractivity contribution < 1.29 is 0 Å². The molecule has 0 saturated heterocycles. The number of hydrogen-bond acceptors (Lipinski definition) is 3. The molecular weight excluding hydrogens is 755 g/mol. The second kappa shape index (κ2) is 12.6. The predicted octanol–water partition coefficient (Wildman–Crippen LogP) is 15.5. The van der Waals surface area contributed by atoms with E-state index in [0.717, 1.165) is 50.8 Å². The Morgan fingerprint density at radius 3 is 1.44 bits per heavy atom. The Bertz CT molecular complexity index is 3950. The minimum Gasteiger partial charge on any atom is -0.308 e. The summed E-state index contributed by atoms with van der Waals surface area (Å²) < 4.78 is 4.97. The van der Waals surface area contributed by atoms with Gasteiger partial charge in [0.15, 0.2) is 0 Å². The molecule has 14 rings (SSSR count). The van der Waals surface area contributed by atoms with Gasteiger partial charge in [-0.1, -0.05) is 146 Å². The Labute approximate surface area is 355 Å². The molecule has 62 heavy (non-hydrogen) atoms. The van der Waals surface area contributed by atoms with Gasteiger partial charge in [0.25, 0.3) is 0 Å². The smallest absolute Gasteiger partial charge is 0.146 e. The summed E-state index contributed by atoms with van der Waals surface area (Å²) in [5.74, 6) is 0. The quantitative estimate of drug-likeness (QED) is 0.168. The Balaban J connectivity index is 1.15. The van der Waals surface area contributed by atoms with E-state index in [2.05, 4.69) is 231 Å². The Morgan fingerprint density at radius 1 is 0.339 bits per heavy atom. The van der Waals surface area contributed by atoms with E-state index < -0.39 is 0 Å². The fourth-order valence-electron chi connectivity index (χ4n) is 10.7. The number of nitrogens with zero attached hydrogens (tertiary/aromatic N) is 5. The minimum atomic E-state index is 0.963. The van der Waals surface area contributed by atoms with Gasteiger partial charge in [-0.3, -0.25) is 4.40 Å². The van der Waals surface area contributed by atoms with Gasteiger partial charge in [-0.2, -0.15) is 0 Å². The Hall–Kier alpha value is -8.41. The van der Waals surface area contributed by atoms with Gasteiger partial charge in [-0.15, -0.1) is 0 Å². The van der Waals surface area contributed by atoms with Crippen LogP contribution in [0.5, 0.6) is 0 Å². The van der Waals surface area contributed by atoms with Crippen molar-refractivity contribution in [1.82, 2.24) is 13.8 Å². The van der Waals surface area contributed by atoms with Crippen molar-refractivity contribution in [2.45, 2.75) is 0 Å². The van der Waals surface area contributed by atoms with Crippen molar-refractivity contribution in [3.05, 3.63) is 212 Å². The van der Waals surface area contributed by atoms with E-state index in [1.807, 2.05) is 0 Å². The van der Waals surface area contributed by atoms with Gasteiger partial charge in [0, 0.05) is 71.2 Å². The molecule has 5 aromatic heterocycles. The number of hydrogen-bond donors (Lipinski definition) is 0. The average molecular weight is 790 g/mol. The largest absolute Gasteiger partial charge is 0.308 e. The predicted molar refractivity (Wildman–Crippen MR) is 260 cm³/mol. The maximum atomic E-state index is 5.58. The van der Waals surface area contributed by atoms with Gasteiger partial charge >= 0.3 is 0 Å². The summed E-state index contributed by atoms with van der Waals surface area (Å²) in [6.07, 6.45) is 2.13. The van der Waals surface area contributed by atoms with E-state index in [9.17, 15) is 0 Å². The standard InChI is InChI=1S/C57H35N5/c1-5-19-37(20-6-1)59(38-21-7-2-8-22-38)48-33-17-30-43-42-28-15-31-45-50-49(61(52(42)45)54(43)48)35-58-57-51(50)46-32-16-29-44-47-34-36-18-13-14-27-41(36)55(56(47)62(57)53(44)46)60(39-23-9-3-10-24-39)40-25-11-4-12-26-40/h1-35H. The number of rotatable bonds is 6. The van der Waals surface area contributed by atoms with Gasteiger partial charge in [0.2, 0.25) is 0 Å². The minimum absolute atomic E-state index is 0.963. The summed E-state index contributed by atoms with van der Waals surface area (Å²) in [4.78, 5) is 10.4. The van der Waals surface area contributed by atoms with Crippen molar-refractivity contribution in [2.24, 2.45) is 0 Å². The molecule has 0 unspecified atom stereocenters. The lowest BCUT2D eigenvalue weighted by atomic mass is 10.0. The molecule has 5 heterocycles. The van der Waals surface area contributed by atoms with Crippen LogP contribution in [0.3, 0.4) is 0 Å². The van der Waals surface area contributed by atoms with E-state index in [4.69, 9.17) is 4.98 Å². The van der Waals surface area contributed by atoms with Gasteiger partial charge in [-0.05, 0) is 66.0 Å². The van der Waals surface area contributed by atoms with Crippen LogP contribution in [0.1, 0.15) is 0 Å². The van der Waals surface area contributed by atoms with E-state index in [-0.39, 0.29) is 0 Å². The zero-order chi connectivity index (χ0) is 40.5. The number of para-hydroxylation sites is 7. The van der Waals surface area contributed by atoms with Crippen LogP contribution < -0.4 is 9.80 Å². The molecule has 0 amide bonds. The van der Waals surface area contributed by atoms with Crippen LogP contribution in [0, 0.1) is 0 Å². The summed E-state index contributed by atoms with van der Waals surface area (Å²) in [6.45, 7) is 0. The highest BCUT2D eigenvalue weighted by molar-refractivity contribution is 6.36. The first-order valence-electron chi connectivity index (χ1n) is 21.2. The number of benzene rings is 9. The fraction of sp³-hybridized carbons (Fsp3) is 0. The zero-order valence-corrected chi connectivity index (χ0v) is 33.4. The second-order valence-electron chi connectivity index (χ2n) is 16.3. The molecule has 0 bridgehead atoms. The number of fused-ring (bicyclic) bond motifs is 14. The van der Waals surface area contributed by atoms with Crippen LogP contribution in [-0.2, 0) is 0 Å². The second-order valence-corrected chi connectivity index (χ2v) is 16.3. The van der Waals surface area contributed by atoms with Gasteiger partial charge in [0.1, 0.15) is 5.65 Å². The summed E-state index contributed by atoms with van der Waals surface area (Å²) in [5, 5.41) is 12.1. The van der Waals surface area contributed by atoms with Gasteiger partial charge in [-0.25, -0.2) is 4.98 Å². The number of pyridine rings is 1. The molecule has 5 heteroatoms. The lowest BCUT2D eigenvalue weighted by molar-refractivity contribution is 1.24. The van der Waals surface area contributed by atoms with Crippen LogP contribution in [0.25, 0.3) is 87.1 Å². The number of aromatic nitrogens is 3. The van der Waals surface area contributed by atoms with Crippen molar-refractivity contribution in [2.75, 3.05) is 9.80 Å². The Kier molecular flexibility index (Phi) is 6.77. The third-order valence-electron chi connectivity index (χ3n) is 13.1. The molecule has 0 spiro atoms. The van der Waals surface area contributed by atoms with Gasteiger partial charge < -0.3 is 14.2 Å². The summed E-state index contributed by atoms with van der Waals surface area (Å²) in [7, 11) is 0. The lowest BCUT2D eigenvalue weighted by Crippen LogP contribution is -2.11. The molecule has 0 fully saturated rings. The van der Waals surface area contributed by atoms with Crippen LogP contribution in [0.15, 0.2) is 212 Å². The fourth-order valence-corrected chi connectivity index (χ4v) is 10.7. The first kappa shape index (κ1) is 33.4. The SMILES string of the molecule is c1ccc(N(c2ccccc2)c2cccc3c4cccc5c6c7c8cccc9c%10cc%11ccccc%11c(N(c%11ccccc%11)c%11ccccc%11)c%10n(c7ncc6n(c23)c45)c98)cc1. The molecule has 288 valence electrons. The number of anilines is 6. The summed E-state index contributed by atoms with van der Waals surface area (Å²) in [5.41, 5.74) is 13.5. The molecule has 14 aromatic rings. The molecule has 0 radical (unpaired) electrons. The molecule has 0 aliphatic rings. The van der Waals surface area contributed by atoms with Crippen molar-refractivity contribution in [3.8, 4) is 0 Å². The van der Waals surface area contributed by atoms with Crippen molar-refractivity contribution in [1.29, 1.82) is 0 Å². The first-order chi connectivity index (χ1) is 30.8. The summed E-state index contributed by atoms with van der Waals surface area (Å²) >= 11 is 0. The third-order valence-corrected chi connectivity index (χ3v) is 13.1. The maximum absolute atomic E-state index is 5.58. The normalized spacial score (nSPS) is 12.2. The monoisotopic (exact) mass is 789 g/mol. The molecule has 0 saturated carbocycles. The van der Waals surface area contributed by atoms with Crippen LogP contribution in [0.4, 0.5) is 34.1 Å². The average Bonchev–Trinajstić information content (AvgIpc) is 4.07. The highest BCUT2D eigenvalue weighted by Crippen LogP contribution is 2.52. The highest BCUT2D eigenvalue weighted by Gasteiger charge is 2.29. The highest BCUT2D eigenvalue weighted by atomic mass is 15.2. The molecule has 9 aromatic carbocycles. The van der Waals surface area contributed by atoms with E-state index in [1.165, 1.54) is 70.4 Å². The lowest BCUT2D eigenvalue weighted by Gasteiger charge is -2.28. The van der Waals surface area contributed by atoms with Gasteiger partial charge in [0.05, 0.1) is 45.2 Å². The molecule has 0 aliphatic carbocycles. The van der Waals surface area contributed by atoms with E-state index >= 15 is 0 Å². The van der Waals surface area contributed by atoms with Crippen molar-refractivity contribution in [3.63, 3.8) is 0 Å². The van der Waals surface area contributed by atoms with Crippen molar-refractivity contribution >= 4 is 121 Å². The summed E-state index contributed by atoms with van der Waals surface area (Å²) in [6, 6.07) is 74.6. The molecule has 0 aliphatic heterocycles. The maximum Gasteiger partial charge on any atom is 0.146 e.